The number of nitrogens with zero attached hydrogens (tertiary/aromatic N) is 1. The molecule has 1 fully saturated rings. The Morgan fingerprint density at radius 1 is 1.11 bits per heavy atom. The van der Waals surface area contributed by atoms with Crippen LogP contribution < -0.4 is 4.74 Å². The average Bonchev–Trinajstić information content (AvgIpc) is 2.65. The van der Waals surface area contributed by atoms with Crippen LogP contribution in [0.2, 0.25) is 5.02 Å². The molecule has 0 heterocycles. The van der Waals surface area contributed by atoms with Crippen LogP contribution >= 0.6 is 11.6 Å². The summed E-state index contributed by atoms with van der Waals surface area (Å²) in [6.45, 7) is 0.948. The molecule has 1 aliphatic rings. The summed E-state index contributed by atoms with van der Waals surface area (Å²) in [5.41, 5.74) is 0. The molecule has 1 aliphatic carbocycles. The third kappa shape index (κ3) is 8.80. The van der Waals surface area contributed by atoms with Gasteiger partial charge in [0.05, 0.1) is 12.9 Å². The molecule has 28 heavy (non-hydrogen) atoms. The number of hydrogen-bond donors (Lipinski definition) is 0. The first-order chi connectivity index (χ1) is 13.2. The van der Waals surface area contributed by atoms with Crippen molar-refractivity contribution in [2.24, 2.45) is 11.8 Å². The van der Waals surface area contributed by atoms with Crippen molar-refractivity contribution < 1.29 is 22.1 Å². The van der Waals surface area contributed by atoms with Gasteiger partial charge in [-0.2, -0.15) is 8.42 Å². The molecule has 8 heteroatoms. The molecule has 1 amide bonds. The van der Waals surface area contributed by atoms with Crippen molar-refractivity contribution in [1.82, 2.24) is 4.90 Å². The van der Waals surface area contributed by atoms with E-state index in [9.17, 15) is 13.2 Å². The molecule has 0 saturated heterocycles. The molecule has 1 aromatic carbocycles. The lowest BCUT2D eigenvalue weighted by Gasteiger charge is -2.29. The first-order valence-corrected chi connectivity index (χ1v) is 12.0. The van der Waals surface area contributed by atoms with Gasteiger partial charge in [-0.05, 0) is 55.4 Å². The molecule has 0 N–H and O–H groups in total. The van der Waals surface area contributed by atoms with E-state index in [1.54, 1.807) is 36.2 Å². The lowest BCUT2D eigenvalue weighted by atomic mass is 9.79. The van der Waals surface area contributed by atoms with Crippen molar-refractivity contribution in [3.63, 3.8) is 0 Å². The summed E-state index contributed by atoms with van der Waals surface area (Å²) >= 11 is 5.83. The third-order valence-corrected chi connectivity index (χ3v) is 6.07. The molecule has 158 valence electrons. The first kappa shape index (κ1) is 23.0. The SMILES string of the molecule is CN(CC[C@H]1CC[C@H](CCCOS(C)(=O)=O)CC1)C(=O)Oc1ccc(Cl)cc1. The van der Waals surface area contributed by atoms with Crippen LogP contribution in [-0.2, 0) is 14.3 Å². The maximum absolute atomic E-state index is 12.2. The number of rotatable bonds is 9. The van der Waals surface area contributed by atoms with E-state index >= 15 is 0 Å². The summed E-state index contributed by atoms with van der Waals surface area (Å²) < 4.78 is 32.0. The standard InChI is InChI=1S/C20H30ClNO5S/c1-22(20(23)27-19-11-9-18(21)10-12-19)14-13-17-7-5-16(6-8-17)4-3-15-26-28(2,24)25/h9-12,16-17H,3-8,13-15H2,1-2H3/t16-,17-. The Balaban J connectivity index is 1.60. The van der Waals surface area contributed by atoms with Crippen LogP contribution in [0.15, 0.2) is 24.3 Å². The topological polar surface area (TPSA) is 72.9 Å². The molecule has 0 unspecified atom stereocenters. The van der Waals surface area contributed by atoms with Crippen molar-refractivity contribution in [3.05, 3.63) is 29.3 Å². The summed E-state index contributed by atoms with van der Waals surface area (Å²) in [5, 5.41) is 0.603. The Kier molecular flexibility index (Phi) is 9.05. The van der Waals surface area contributed by atoms with E-state index in [0.717, 1.165) is 51.2 Å². The fraction of sp³-hybridized carbons (Fsp3) is 0.650. The predicted molar refractivity (Wildman–Crippen MR) is 110 cm³/mol. The Labute approximate surface area is 173 Å². The number of halogens is 1. The first-order valence-electron chi connectivity index (χ1n) is 9.76. The molecular formula is C20H30ClNO5S. The predicted octanol–water partition coefficient (Wildman–Crippen LogP) is 4.72. The molecule has 0 atom stereocenters. The van der Waals surface area contributed by atoms with Crippen LogP contribution in [0.1, 0.15) is 44.9 Å². The highest BCUT2D eigenvalue weighted by Crippen LogP contribution is 2.33. The fourth-order valence-electron chi connectivity index (χ4n) is 3.54. The second kappa shape index (κ2) is 11.0. The zero-order valence-electron chi connectivity index (χ0n) is 16.6. The second-order valence-electron chi connectivity index (χ2n) is 7.59. The maximum Gasteiger partial charge on any atom is 0.414 e. The number of carbonyl (C=O) groups is 1. The fourth-order valence-corrected chi connectivity index (χ4v) is 4.09. The van der Waals surface area contributed by atoms with Gasteiger partial charge in [0.2, 0.25) is 0 Å². The smallest absolute Gasteiger partial charge is 0.410 e. The van der Waals surface area contributed by atoms with E-state index in [0.29, 0.717) is 29.2 Å². The molecule has 1 aromatic rings. The Morgan fingerprint density at radius 2 is 1.68 bits per heavy atom. The molecule has 0 bridgehead atoms. The zero-order chi connectivity index (χ0) is 20.6. The van der Waals surface area contributed by atoms with Gasteiger partial charge in [0.25, 0.3) is 10.1 Å². The van der Waals surface area contributed by atoms with Crippen molar-refractivity contribution in [2.45, 2.75) is 44.9 Å². The van der Waals surface area contributed by atoms with Crippen molar-refractivity contribution in [3.8, 4) is 5.75 Å². The molecule has 0 aliphatic heterocycles. The highest BCUT2D eigenvalue weighted by molar-refractivity contribution is 7.85. The van der Waals surface area contributed by atoms with Gasteiger partial charge < -0.3 is 9.64 Å². The van der Waals surface area contributed by atoms with E-state index in [1.165, 1.54) is 0 Å². The van der Waals surface area contributed by atoms with Gasteiger partial charge in [0, 0.05) is 18.6 Å². The van der Waals surface area contributed by atoms with Crippen LogP contribution in [0.5, 0.6) is 5.75 Å². The molecule has 1 saturated carbocycles. The van der Waals surface area contributed by atoms with Crippen LogP contribution in [0, 0.1) is 11.8 Å². The van der Waals surface area contributed by atoms with E-state index in [4.69, 9.17) is 20.5 Å². The van der Waals surface area contributed by atoms with Gasteiger partial charge in [0.15, 0.2) is 0 Å². The van der Waals surface area contributed by atoms with Crippen LogP contribution in [0.3, 0.4) is 0 Å². The van der Waals surface area contributed by atoms with Crippen LogP contribution in [0.4, 0.5) is 4.79 Å². The van der Waals surface area contributed by atoms with E-state index in [2.05, 4.69) is 0 Å². The lowest BCUT2D eigenvalue weighted by Crippen LogP contribution is -2.32. The van der Waals surface area contributed by atoms with E-state index in [1.807, 2.05) is 0 Å². The highest BCUT2D eigenvalue weighted by Gasteiger charge is 2.22. The minimum absolute atomic E-state index is 0.277. The van der Waals surface area contributed by atoms with Crippen molar-refractivity contribution in [2.75, 3.05) is 26.5 Å². The summed E-state index contributed by atoms with van der Waals surface area (Å²) in [6, 6.07) is 6.73. The summed E-state index contributed by atoms with van der Waals surface area (Å²) in [5.74, 6) is 1.75. The largest absolute Gasteiger partial charge is 0.414 e. The summed E-state index contributed by atoms with van der Waals surface area (Å²) in [4.78, 5) is 13.8. The normalized spacial score (nSPS) is 20.0. The van der Waals surface area contributed by atoms with Gasteiger partial charge in [0.1, 0.15) is 5.75 Å². The highest BCUT2D eigenvalue weighted by atomic mass is 35.5. The van der Waals surface area contributed by atoms with Crippen LogP contribution in [-0.4, -0.2) is 45.9 Å². The summed E-state index contributed by atoms with van der Waals surface area (Å²) in [6.07, 6.45) is 8.09. The molecule has 6 nitrogen and oxygen atoms in total. The monoisotopic (exact) mass is 431 g/mol. The van der Waals surface area contributed by atoms with Crippen molar-refractivity contribution >= 4 is 27.8 Å². The zero-order valence-corrected chi connectivity index (χ0v) is 18.2. The lowest BCUT2D eigenvalue weighted by molar-refractivity contribution is 0.155. The molecular weight excluding hydrogens is 402 g/mol. The maximum atomic E-state index is 12.2. The average molecular weight is 432 g/mol. The summed E-state index contributed by atoms with van der Waals surface area (Å²) in [7, 11) is -1.57. The number of carbonyl (C=O) groups excluding carboxylic acids is 1. The van der Waals surface area contributed by atoms with Gasteiger partial charge in [-0.25, -0.2) is 4.79 Å². The molecule has 0 spiro atoms. The Hall–Kier alpha value is -1.31. The number of amides is 1. The van der Waals surface area contributed by atoms with Crippen LogP contribution in [0.25, 0.3) is 0 Å². The van der Waals surface area contributed by atoms with Crippen molar-refractivity contribution in [1.29, 1.82) is 0 Å². The van der Waals surface area contributed by atoms with Gasteiger partial charge in [-0.1, -0.05) is 37.3 Å². The van der Waals surface area contributed by atoms with Gasteiger partial charge >= 0.3 is 6.09 Å². The number of benzene rings is 1. The second-order valence-corrected chi connectivity index (χ2v) is 9.67. The third-order valence-electron chi connectivity index (χ3n) is 5.22. The number of ether oxygens (including phenoxy) is 1. The van der Waals surface area contributed by atoms with Gasteiger partial charge in [-0.3, -0.25) is 4.18 Å². The Bertz CT molecular complexity index is 715. The molecule has 2 rings (SSSR count). The quantitative estimate of drug-likeness (QED) is 0.417. The minimum Gasteiger partial charge on any atom is -0.410 e. The number of hydrogen-bond acceptors (Lipinski definition) is 5. The van der Waals surface area contributed by atoms with Gasteiger partial charge in [-0.15, -0.1) is 0 Å². The Morgan fingerprint density at radius 3 is 2.25 bits per heavy atom. The molecule has 0 aromatic heterocycles. The minimum atomic E-state index is -3.33. The van der Waals surface area contributed by atoms with E-state index < -0.39 is 10.1 Å². The van der Waals surface area contributed by atoms with E-state index in [-0.39, 0.29) is 12.7 Å². The molecule has 0 radical (unpaired) electrons.